The first-order valence-corrected chi connectivity index (χ1v) is 22.9. The largest absolute Gasteiger partial charge is 0.462 e. The molecule has 1 fully saturated rings. The van der Waals surface area contributed by atoms with Crippen LogP contribution >= 0.6 is 0 Å². The number of ether oxygens (including phenoxy) is 4. The number of alkyl carbamates (subject to hydrolysis) is 1. The van der Waals surface area contributed by atoms with Crippen LogP contribution in [0.5, 0.6) is 0 Å². The number of fused-ring (bicyclic) bond motifs is 1. The Labute approximate surface area is 388 Å². The molecule has 0 spiro atoms. The van der Waals surface area contributed by atoms with E-state index >= 15 is 0 Å². The highest BCUT2D eigenvalue weighted by atomic mass is 16.7. The lowest BCUT2D eigenvalue weighted by molar-refractivity contribution is -0.304. The van der Waals surface area contributed by atoms with E-state index in [0.29, 0.717) is 18.6 Å². The second-order valence-corrected chi connectivity index (χ2v) is 17.6. The van der Waals surface area contributed by atoms with Gasteiger partial charge in [-0.2, -0.15) is 0 Å². The van der Waals surface area contributed by atoms with Crippen LogP contribution in [0.25, 0.3) is 17.0 Å². The van der Waals surface area contributed by atoms with Crippen LogP contribution in [0.3, 0.4) is 0 Å². The van der Waals surface area contributed by atoms with Crippen LogP contribution < -0.4 is 5.32 Å². The normalized spacial score (nSPS) is 31.2. The number of aliphatic hydroxyl groups excluding tert-OH is 3. The minimum absolute atomic E-state index is 0.00639. The monoisotopic (exact) mass is 912 g/mol. The van der Waals surface area contributed by atoms with E-state index in [1.807, 2.05) is 112 Å². The van der Waals surface area contributed by atoms with Gasteiger partial charge in [-0.15, -0.1) is 0 Å². The average Bonchev–Trinajstić information content (AvgIpc) is 3.30. The summed E-state index contributed by atoms with van der Waals surface area (Å²) in [4.78, 5) is 51.1. The second kappa shape index (κ2) is 25.6. The summed E-state index contributed by atoms with van der Waals surface area (Å²) in [5.41, 5.74) is 4.01. The quantitative estimate of drug-likeness (QED) is 0.0601. The summed E-state index contributed by atoms with van der Waals surface area (Å²) in [6.45, 7) is 9.38. The number of amides is 1. The fourth-order valence-corrected chi connectivity index (χ4v) is 8.55. The summed E-state index contributed by atoms with van der Waals surface area (Å²) < 4.78 is 24.4. The number of benzene rings is 2. The molecule has 12 atom stereocenters. The predicted octanol–water partition coefficient (Wildman–Crippen LogP) is 6.40. The summed E-state index contributed by atoms with van der Waals surface area (Å²) >= 11 is 0. The number of oxime groups is 1. The molecule has 4 N–H and O–H groups in total. The standard InChI is InChI=1S/C51H68N4O11/c1-8-44-40(31-62-51(61)53-29-36-15-10-9-11-16-36)25-32(2)20-21-41(54-63-24-14-17-37-27-38-18-12-13-19-42(38)52-30-37)33(3)26-39(22-23-56)49(34(4)43(57)28-45(58)65-44)66-50-48(60)46(55(6)7)47(59)35(5)64-50/h9-21,23,25,27,30,33-35,39-40,43-44,46-50,57,59-60H,8,22,24,26,28-29,31H2,1-7H3,(H,53,61)/b17-14+,21-20+,32-25+,54-41+/t33-,34+,35+,39+,40?,43-,44-,46-,47+,48+,49-,50-/m1/s1. The Morgan fingerprint density at radius 3 is 2.50 bits per heavy atom. The number of aliphatic hydroxyl groups is 3. The number of pyridine rings is 1. The van der Waals surface area contributed by atoms with Gasteiger partial charge < -0.3 is 54.1 Å². The summed E-state index contributed by atoms with van der Waals surface area (Å²) in [6, 6.07) is 18.6. The third-order valence-corrected chi connectivity index (χ3v) is 12.3. The fraction of sp³-hybridized carbons (Fsp3) is 0.510. The third-order valence-electron chi connectivity index (χ3n) is 12.3. The van der Waals surface area contributed by atoms with Crippen LogP contribution in [0.4, 0.5) is 4.79 Å². The first-order chi connectivity index (χ1) is 31.7. The molecular weight excluding hydrogens is 845 g/mol. The predicted molar refractivity (Wildman–Crippen MR) is 252 cm³/mol. The lowest BCUT2D eigenvalue weighted by Crippen LogP contribution is -2.63. The number of hydrogen-bond acceptors (Lipinski definition) is 14. The van der Waals surface area contributed by atoms with Crippen LogP contribution in [0.15, 0.2) is 102 Å². The topological polar surface area (TPSA) is 199 Å². The summed E-state index contributed by atoms with van der Waals surface area (Å²) in [5.74, 6) is -2.98. The summed E-state index contributed by atoms with van der Waals surface area (Å²) in [6.07, 6.45) is 4.21. The van der Waals surface area contributed by atoms with Crippen molar-refractivity contribution in [2.24, 2.45) is 28.8 Å². The molecule has 3 heterocycles. The number of aldehydes is 1. The number of para-hydroxylation sites is 1. The van der Waals surface area contributed by atoms with E-state index < -0.39 is 85.2 Å². The number of allylic oxidation sites excluding steroid dienone is 3. The highest BCUT2D eigenvalue weighted by Gasteiger charge is 2.47. The minimum atomic E-state index is -1.32. The van der Waals surface area contributed by atoms with E-state index in [9.17, 15) is 29.7 Å². The van der Waals surface area contributed by atoms with Gasteiger partial charge in [0.15, 0.2) is 6.29 Å². The van der Waals surface area contributed by atoms with Gasteiger partial charge in [-0.3, -0.25) is 9.78 Å². The Balaban J connectivity index is 1.47. The van der Waals surface area contributed by atoms with Crippen LogP contribution in [-0.2, 0) is 39.9 Å². The number of hydrogen-bond donors (Lipinski definition) is 4. The van der Waals surface area contributed by atoms with Gasteiger partial charge in [-0.1, -0.05) is 98.3 Å². The Hall–Kier alpha value is -5.29. The van der Waals surface area contributed by atoms with Crippen LogP contribution in [0.1, 0.15) is 71.4 Å². The second-order valence-electron chi connectivity index (χ2n) is 17.6. The molecule has 358 valence electrons. The van der Waals surface area contributed by atoms with Gasteiger partial charge >= 0.3 is 12.1 Å². The number of cyclic esters (lactones) is 1. The van der Waals surface area contributed by atoms with E-state index in [0.717, 1.165) is 33.9 Å². The van der Waals surface area contributed by atoms with Crippen LogP contribution in [0, 0.1) is 23.7 Å². The number of aromatic nitrogens is 1. The molecular formula is C51H68N4O11. The van der Waals surface area contributed by atoms with E-state index in [1.54, 1.807) is 39.0 Å². The molecule has 15 heteroatoms. The van der Waals surface area contributed by atoms with Crippen molar-refractivity contribution in [3.05, 3.63) is 108 Å². The molecule has 1 aromatic heterocycles. The van der Waals surface area contributed by atoms with Gasteiger partial charge in [0.1, 0.15) is 31.7 Å². The van der Waals surface area contributed by atoms with Crippen LogP contribution in [0.2, 0.25) is 0 Å². The highest BCUT2D eigenvalue weighted by molar-refractivity contribution is 5.96. The summed E-state index contributed by atoms with van der Waals surface area (Å²) in [5, 5.41) is 42.6. The third kappa shape index (κ3) is 14.9. The number of nitrogens with one attached hydrogen (secondary N) is 1. The van der Waals surface area contributed by atoms with Crippen molar-refractivity contribution in [2.75, 3.05) is 27.3 Å². The number of carbonyl (C=O) groups excluding carboxylic acids is 3. The maximum Gasteiger partial charge on any atom is 0.407 e. The average molecular weight is 913 g/mol. The Morgan fingerprint density at radius 1 is 1.03 bits per heavy atom. The van der Waals surface area contributed by atoms with Crippen molar-refractivity contribution < 1.29 is 53.5 Å². The van der Waals surface area contributed by atoms with E-state index in [1.165, 1.54) is 0 Å². The lowest BCUT2D eigenvalue weighted by Gasteiger charge is -2.46. The number of likely N-dealkylation sites (N-methyl/N-ethyl adjacent to an activating group) is 1. The Bertz CT molecular complexity index is 2150. The smallest absolute Gasteiger partial charge is 0.407 e. The molecule has 2 aromatic carbocycles. The molecule has 2 aliphatic rings. The maximum atomic E-state index is 13.7. The van der Waals surface area contributed by atoms with Gasteiger partial charge in [0.25, 0.3) is 0 Å². The zero-order valence-electron chi connectivity index (χ0n) is 39.1. The highest BCUT2D eigenvalue weighted by Crippen LogP contribution is 2.34. The molecule has 1 amide bonds. The van der Waals surface area contributed by atoms with Gasteiger partial charge in [0, 0.05) is 42.3 Å². The lowest BCUT2D eigenvalue weighted by atomic mass is 9.79. The zero-order chi connectivity index (χ0) is 47.8. The summed E-state index contributed by atoms with van der Waals surface area (Å²) in [7, 11) is 3.47. The van der Waals surface area contributed by atoms with E-state index in [2.05, 4.69) is 15.5 Å². The van der Waals surface area contributed by atoms with E-state index in [-0.39, 0.29) is 32.1 Å². The van der Waals surface area contributed by atoms with Crippen molar-refractivity contribution in [3.63, 3.8) is 0 Å². The van der Waals surface area contributed by atoms with Gasteiger partial charge in [0.2, 0.25) is 0 Å². The van der Waals surface area contributed by atoms with Crippen molar-refractivity contribution in [1.29, 1.82) is 0 Å². The first kappa shape index (κ1) is 51.7. The molecule has 1 saturated heterocycles. The molecule has 1 unspecified atom stereocenters. The molecule has 0 aliphatic carbocycles. The zero-order valence-corrected chi connectivity index (χ0v) is 39.1. The van der Waals surface area contributed by atoms with Crippen molar-refractivity contribution >= 4 is 41.0 Å². The Kier molecular flexibility index (Phi) is 20.0. The Morgan fingerprint density at radius 2 is 1.77 bits per heavy atom. The molecule has 3 aromatic rings. The van der Waals surface area contributed by atoms with Crippen molar-refractivity contribution in [3.8, 4) is 0 Å². The minimum Gasteiger partial charge on any atom is -0.462 e. The van der Waals surface area contributed by atoms with Gasteiger partial charge in [-0.25, -0.2) is 4.79 Å². The molecule has 0 saturated carbocycles. The number of esters is 1. The van der Waals surface area contributed by atoms with Crippen LogP contribution in [-0.4, -0.2) is 126 Å². The van der Waals surface area contributed by atoms with Gasteiger partial charge in [0.05, 0.1) is 48.1 Å². The number of rotatable bonds is 14. The molecule has 0 bridgehead atoms. The molecule has 5 rings (SSSR count). The van der Waals surface area contributed by atoms with Crippen molar-refractivity contribution in [1.82, 2.24) is 15.2 Å². The fourth-order valence-electron chi connectivity index (χ4n) is 8.55. The first-order valence-electron chi connectivity index (χ1n) is 22.9. The van der Waals surface area contributed by atoms with Gasteiger partial charge in [-0.05, 0) is 82.1 Å². The molecule has 0 radical (unpaired) electrons. The molecule has 2 aliphatic heterocycles. The molecule has 15 nitrogen and oxygen atoms in total. The van der Waals surface area contributed by atoms with E-state index in [4.69, 9.17) is 23.8 Å². The SMILES string of the molecule is CC[C@H]1OC(=O)C[C@@H](O)[C@H](C)[C@@H](O[C@H]2O[C@@H](C)[C@H](O)[C@@H](N(C)C)[C@@H]2O)[C@@H](CC=O)C[C@@H](C)C(=N/OC/C=C/c2cnc3ccccc3c2)/C=C/C(C)=C/C1COC(=O)NCc1ccccc1. The number of carbonyl (C=O) groups is 3. The number of nitrogens with zero attached hydrogens (tertiary/aromatic N) is 3. The molecule has 66 heavy (non-hydrogen) atoms. The maximum absolute atomic E-state index is 13.7. The van der Waals surface area contributed by atoms with Crippen molar-refractivity contribution in [2.45, 2.75) is 116 Å².